The quantitative estimate of drug-likeness (QED) is 0.901. The summed E-state index contributed by atoms with van der Waals surface area (Å²) in [5, 5.41) is 9.88. The largest absolute Gasteiger partial charge is 0.252 e. The molecule has 0 aliphatic rings. The van der Waals surface area contributed by atoms with E-state index in [1.54, 1.807) is 0 Å². The summed E-state index contributed by atoms with van der Waals surface area (Å²) < 4.78 is 13.0. The van der Waals surface area contributed by atoms with Crippen molar-refractivity contribution >= 4 is 16.5 Å². The summed E-state index contributed by atoms with van der Waals surface area (Å²) in [7, 11) is -1.26. The second-order valence-corrected chi connectivity index (χ2v) is 5.88. The normalized spacial score (nSPS) is 16.9. The Bertz CT molecular complexity index is 504. The summed E-state index contributed by atoms with van der Waals surface area (Å²) in [6.45, 7) is 3.99. The molecule has 0 radical (unpaired) electrons. The summed E-state index contributed by atoms with van der Waals surface area (Å²) in [5.74, 6) is 0.261. The molecular formula is C12H17N3OS. The minimum Gasteiger partial charge on any atom is -0.252 e. The number of pyridine rings is 1. The van der Waals surface area contributed by atoms with Crippen molar-refractivity contribution in [2.45, 2.75) is 31.4 Å². The summed E-state index contributed by atoms with van der Waals surface area (Å²) in [6.07, 6.45) is 2.71. The fourth-order valence-electron chi connectivity index (χ4n) is 1.91. The molecule has 4 nitrogen and oxygen atoms in total. The van der Waals surface area contributed by atoms with Crippen molar-refractivity contribution in [1.82, 2.24) is 9.61 Å². The third kappa shape index (κ3) is 2.73. The highest BCUT2D eigenvalue weighted by Gasteiger charge is 2.16. The van der Waals surface area contributed by atoms with Crippen molar-refractivity contribution in [2.24, 2.45) is 5.14 Å². The van der Waals surface area contributed by atoms with Crippen molar-refractivity contribution in [1.29, 1.82) is 0 Å². The zero-order chi connectivity index (χ0) is 12.4. The molecule has 2 N–H and O–H groups in total. The van der Waals surface area contributed by atoms with Crippen molar-refractivity contribution < 1.29 is 4.21 Å². The maximum absolute atomic E-state index is 11.1. The highest BCUT2D eigenvalue weighted by molar-refractivity contribution is 7.83. The minimum atomic E-state index is -1.26. The molecule has 0 aliphatic heterocycles. The van der Waals surface area contributed by atoms with Gasteiger partial charge in [-0.3, -0.25) is 5.14 Å². The molecule has 0 saturated carbocycles. The lowest BCUT2D eigenvalue weighted by molar-refractivity contribution is 0.622. The van der Waals surface area contributed by atoms with Crippen LogP contribution in [-0.4, -0.2) is 19.1 Å². The van der Waals surface area contributed by atoms with Gasteiger partial charge in [0.2, 0.25) is 0 Å². The third-order valence-corrected chi connectivity index (χ3v) is 3.96. The molecule has 0 aromatic carbocycles. The first-order valence-electron chi connectivity index (χ1n) is 5.67. The van der Waals surface area contributed by atoms with E-state index in [1.807, 2.05) is 35.8 Å². The van der Waals surface area contributed by atoms with Crippen LogP contribution >= 0.6 is 0 Å². The molecule has 92 valence electrons. The molecule has 3 atom stereocenters. The predicted molar refractivity (Wildman–Crippen MR) is 70.0 cm³/mol. The molecule has 2 aromatic heterocycles. The number of fused-ring (bicyclic) bond motifs is 1. The van der Waals surface area contributed by atoms with Crippen LogP contribution in [0.5, 0.6) is 0 Å². The van der Waals surface area contributed by atoms with Crippen LogP contribution in [0.3, 0.4) is 0 Å². The second kappa shape index (κ2) is 4.98. The number of aromatic nitrogens is 2. The van der Waals surface area contributed by atoms with E-state index in [9.17, 15) is 4.21 Å². The highest BCUT2D eigenvalue weighted by Crippen LogP contribution is 2.21. The summed E-state index contributed by atoms with van der Waals surface area (Å²) in [6, 6.07) is 8.03. The third-order valence-electron chi connectivity index (χ3n) is 2.98. The molecule has 0 saturated heterocycles. The van der Waals surface area contributed by atoms with Crippen molar-refractivity contribution in [2.75, 3.05) is 0 Å². The maximum Gasteiger partial charge on any atom is 0.0917 e. The molecule has 0 amide bonds. The van der Waals surface area contributed by atoms with E-state index >= 15 is 0 Å². The lowest BCUT2D eigenvalue weighted by Crippen LogP contribution is -2.20. The van der Waals surface area contributed by atoms with Gasteiger partial charge in [-0.15, -0.1) is 0 Å². The van der Waals surface area contributed by atoms with Gasteiger partial charge >= 0.3 is 0 Å². The molecule has 0 aliphatic carbocycles. The van der Waals surface area contributed by atoms with Crippen molar-refractivity contribution in [3.8, 4) is 0 Å². The Morgan fingerprint density at radius 1 is 1.47 bits per heavy atom. The topological polar surface area (TPSA) is 60.4 Å². The average molecular weight is 251 g/mol. The van der Waals surface area contributed by atoms with E-state index < -0.39 is 11.0 Å². The lowest BCUT2D eigenvalue weighted by atomic mass is 10.0. The van der Waals surface area contributed by atoms with Gasteiger partial charge in [-0.25, -0.2) is 8.72 Å². The predicted octanol–water partition coefficient (Wildman–Crippen LogP) is 1.84. The molecule has 5 heteroatoms. The van der Waals surface area contributed by atoms with Gasteiger partial charge in [0.15, 0.2) is 0 Å². The van der Waals surface area contributed by atoms with Gasteiger partial charge in [-0.1, -0.05) is 13.0 Å². The highest BCUT2D eigenvalue weighted by atomic mass is 32.2. The van der Waals surface area contributed by atoms with Crippen LogP contribution in [0.15, 0.2) is 30.5 Å². The van der Waals surface area contributed by atoms with Gasteiger partial charge < -0.3 is 0 Å². The van der Waals surface area contributed by atoms with Gasteiger partial charge in [0, 0.05) is 17.4 Å². The first-order valence-corrected chi connectivity index (χ1v) is 6.95. The van der Waals surface area contributed by atoms with Crippen LogP contribution in [0.2, 0.25) is 0 Å². The SMILES string of the molecule is CC(C[C@@H](C)c1cc2ccccn2n1)S(N)=O. The first-order chi connectivity index (χ1) is 8.08. The molecule has 0 fully saturated rings. The standard InChI is InChI=1S/C12H17N3OS/c1-9(7-10(2)17(13)16)12-8-11-5-3-4-6-15(11)14-12/h3-6,8-10H,7,13H2,1-2H3/t9-,10?,17?/m1/s1. The Balaban J connectivity index is 2.19. The molecule has 0 bridgehead atoms. The fourth-order valence-corrected chi connectivity index (χ4v) is 2.39. The monoisotopic (exact) mass is 251 g/mol. The summed E-state index contributed by atoms with van der Waals surface area (Å²) >= 11 is 0. The second-order valence-electron chi connectivity index (χ2n) is 4.42. The molecule has 0 spiro atoms. The Labute approximate surface area is 103 Å². The average Bonchev–Trinajstić information content (AvgIpc) is 2.72. The number of rotatable bonds is 4. The van der Waals surface area contributed by atoms with E-state index in [4.69, 9.17) is 5.14 Å². The smallest absolute Gasteiger partial charge is 0.0917 e. The zero-order valence-corrected chi connectivity index (χ0v) is 10.9. The van der Waals surface area contributed by atoms with E-state index in [0.717, 1.165) is 17.6 Å². The van der Waals surface area contributed by atoms with E-state index in [0.29, 0.717) is 0 Å². The van der Waals surface area contributed by atoms with E-state index in [2.05, 4.69) is 18.1 Å². The number of nitrogens with zero attached hydrogens (tertiary/aromatic N) is 2. The van der Waals surface area contributed by atoms with Crippen LogP contribution in [0.4, 0.5) is 0 Å². The lowest BCUT2D eigenvalue weighted by Gasteiger charge is -2.12. The van der Waals surface area contributed by atoms with Crippen LogP contribution in [0.1, 0.15) is 31.9 Å². The van der Waals surface area contributed by atoms with Gasteiger partial charge in [0.25, 0.3) is 0 Å². The summed E-state index contributed by atoms with van der Waals surface area (Å²) in [5.41, 5.74) is 2.10. The molecule has 2 aromatic rings. The number of hydrogen-bond donors (Lipinski definition) is 1. The Morgan fingerprint density at radius 3 is 2.88 bits per heavy atom. The zero-order valence-electron chi connectivity index (χ0n) is 10.0. The molecule has 2 heterocycles. The van der Waals surface area contributed by atoms with Crippen LogP contribution in [0.25, 0.3) is 5.52 Å². The van der Waals surface area contributed by atoms with Crippen LogP contribution in [0, 0.1) is 0 Å². The van der Waals surface area contributed by atoms with Crippen molar-refractivity contribution in [3.63, 3.8) is 0 Å². The molecule has 2 unspecified atom stereocenters. The van der Waals surface area contributed by atoms with Crippen molar-refractivity contribution in [3.05, 3.63) is 36.2 Å². The Kier molecular flexibility index (Phi) is 3.59. The molecule has 17 heavy (non-hydrogen) atoms. The number of hydrogen-bond acceptors (Lipinski definition) is 2. The van der Waals surface area contributed by atoms with Gasteiger partial charge in [-0.2, -0.15) is 5.10 Å². The Morgan fingerprint density at radius 2 is 2.24 bits per heavy atom. The van der Waals surface area contributed by atoms with E-state index in [1.165, 1.54) is 0 Å². The molecule has 2 rings (SSSR count). The minimum absolute atomic E-state index is 0.00480. The molecular weight excluding hydrogens is 234 g/mol. The Hall–Kier alpha value is -1.20. The van der Waals surface area contributed by atoms with Crippen LogP contribution < -0.4 is 5.14 Å². The number of nitrogens with two attached hydrogens (primary N) is 1. The van der Waals surface area contributed by atoms with Gasteiger partial charge in [0.05, 0.1) is 22.2 Å². The first kappa shape index (κ1) is 12.3. The van der Waals surface area contributed by atoms with Gasteiger partial charge in [-0.05, 0) is 31.5 Å². The van der Waals surface area contributed by atoms with E-state index in [-0.39, 0.29) is 11.2 Å². The van der Waals surface area contributed by atoms with Gasteiger partial charge in [0.1, 0.15) is 0 Å². The summed E-state index contributed by atoms with van der Waals surface area (Å²) in [4.78, 5) is 0. The fraction of sp³-hybridized carbons (Fsp3) is 0.417. The van der Waals surface area contributed by atoms with Crippen LogP contribution in [-0.2, 0) is 11.0 Å². The maximum atomic E-state index is 11.1.